The molecule has 3 rings (SSSR count). The zero-order chi connectivity index (χ0) is 15.6. The van der Waals surface area contributed by atoms with Gasteiger partial charge in [0.2, 0.25) is 0 Å². The lowest BCUT2D eigenvalue weighted by atomic mass is 10.1. The summed E-state index contributed by atoms with van der Waals surface area (Å²) in [5.74, 6) is 2.14. The third-order valence-corrected chi connectivity index (χ3v) is 6.93. The molecule has 0 radical (unpaired) electrons. The lowest BCUT2D eigenvalue weighted by Crippen LogP contribution is -2.27. The summed E-state index contributed by atoms with van der Waals surface area (Å²) in [6.07, 6.45) is 1.93. The van der Waals surface area contributed by atoms with E-state index in [4.69, 9.17) is 0 Å². The Hall–Kier alpha value is -1.08. The molecule has 1 aromatic carbocycles. The molecule has 0 bridgehead atoms. The molecule has 1 aliphatic rings. The van der Waals surface area contributed by atoms with Crippen molar-refractivity contribution in [2.75, 3.05) is 11.5 Å². The predicted octanol–water partition coefficient (Wildman–Crippen LogP) is 4.32. The van der Waals surface area contributed by atoms with Gasteiger partial charge in [-0.25, -0.2) is 4.98 Å². The highest BCUT2D eigenvalue weighted by atomic mass is 32.2. The highest BCUT2D eigenvalue weighted by molar-refractivity contribution is 8.21. The molecular formula is C15H15F3N2S2. The van der Waals surface area contributed by atoms with Crippen molar-refractivity contribution in [1.82, 2.24) is 9.55 Å². The third-order valence-electron chi connectivity index (χ3n) is 3.55. The molecule has 0 spiro atoms. The van der Waals surface area contributed by atoms with Gasteiger partial charge in [0, 0.05) is 30.4 Å². The summed E-state index contributed by atoms with van der Waals surface area (Å²) in [7, 11) is 0. The van der Waals surface area contributed by atoms with Crippen molar-refractivity contribution in [2.45, 2.75) is 23.2 Å². The Labute approximate surface area is 135 Å². The average Bonchev–Trinajstić information content (AvgIpc) is 3.11. The normalized spacial score (nSPS) is 17.8. The maximum atomic E-state index is 12.6. The van der Waals surface area contributed by atoms with Crippen molar-refractivity contribution in [2.24, 2.45) is 0 Å². The first-order chi connectivity index (χ1) is 10.5. The number of hydrogen-bond acceptors (Lipinski definition) is 3. The molecule has 0 atom stereocenters. The van der Waals surface area contributed by atoms with Crippen LogP contribution in [0.5, 0.6) is 0 Å². The molecule has 22 heavy (non-hydrogen) atoms. The summed E-state index contributed by atoms with van der Waals surface area (Å²) >= 11 is 3.77. The van der Waals surface area contributed by atoms with Crippen molar-refractivity contribution < 1.29 is 13.2 Å². The van der Waals surface area contributed by atoms with Crippen LogP contribution in [0.15, 0.2) is 43.0 Å². The molecule has 1 fully saturated rings. The molecule has 0 N–H and O–H groups in total. The number of benzene rings is 1. The van der Waals surface area contributed by atoms with Crippen LogP contribution in [0.4, 0.5) is 13.2 Å². The zero-order valence-electron chi connectivity index (χ0n) is 11.7. The molecule has 1 aliphatic heterocycles. The second kappa shape index (κ2) is 6.20. The number of hydrogen-bond donors (Lipinski definition) is 0. The van der Waals surface area contributed by atoms with Crippen LogP contribution in [0.2, 0.25) is 0 Å². The van der Waals surface area contributed by atoms with E-state index >= 15 is 0 Å². The molecule has 0 aliphatic carbocycles. The van der Waals surface area contributed by atoms with Crippen molar-refractivity contribution >= 4 is 23.5 Å². The molecule has 7 heteroatoms. The Morgan fingerprint density at radius 1 is 1.14 bits per heavy atom. The van der Waals surface area contributed by atoms with Gasteiger partial charge in [-0.2, -0.15) is 13.2 Å². The van der Waals surface area contributed by atoms with Crippen LogP contribution in [0, 0.1) is 0 Å². The standard InChI is InChI=1S/C15H15F3N2S2/c16-15(17,18)13-3-1-12(2-4-13)9-14(21-7-8-22-14)10-20-6-5-19-11-20/h1-6,11H,7-10H2. The molecule has 0 unspecified atom stereocenters. The van der Waals surface area contributed by atoms with Crippen molar-refractivity contribution in [3.05, 3.63) is 54.1 Å². The maximum Gasteiger partial charge on any atom is 0.416 e. The van der Waals surface area contributed by atoms with Crippen LogP contribution in [-0.2, 0) is 19.1 Å². The van der Waals surface area contributed by atoms with E-state index in [0.717, 1.165) is 30.0 Å². The molecular weight excluding hydrogens is 329 g/mol. The second-order valence-electron chi connectivity index (χ2n) is 5.21. The SMILES string of the molecule is FC(F)(F)c1ccc(CC2(Cn3ccnc3)SCCS2)cc1. The monoisotopic (exact) mass is 344 g/mol. The number of thioether (sulfide) groups is 2. The highest BCUT2D eigenvalue weighted by Crippen LogP contribution is 2.47. The van der Waals surface area contributed by atoms with Gasteiger partial charge in [-0.1, -0.05) is 12.1 Å². The zero-order valence-corrected chi connectivity index (χ0v) is 13.3. The number of rotatable bonds is 4. The van der Waals surface area contributed by atoms with Gasteiger partial charge in [0.05, 0.1) is 16.0 Å². The van der Waals surface area contributed by atoms with E-state index in [1.807, 2.05) is 34.3 Å². The average molecular weight is 344 g/mol. The first-order valence-corrected chi connectivity index (χ1v) is 8.84. The maximum absolute atomic E-state index is 12.6. The molecule has 2 nitrogen and oxygen atoms in total. The molecule has 0 amide bonds. The van der Waals surface area contributed by atoms with Gasteiger partial charge in [0.15, 0.2) is 0 Å². The van der Waals surface area contributed by atoms with Gasteiger partial charge in [-0.05, 0) is 24.1 Å². The molecule has 2 aromatic rings. The van der Waals surface area contributed by atoms with E-state index in [0.29, 0.717) is 0 Å². The number of aromatic nitrogens is 2. The van der Waals surface area contributed by atoms with Gasteiger partial charge in [-0.3, -0.25) is 0 Å². The first-order valence-electron chi connectivity index (χ1n) is 6.87. The largest absolute Gasteiger partial charge is 0.416 e. The Morgan fingerprint density at radius 2 is 1.82 bits per heavy atom. The summed E-state index contributed by atoms with van der Waals surface area (Å²) < 4.78 is 39.9. The summed E-state index contributed by atoms with van der Waals surface area (Å²) in [5.41, 5.74) is 0.349. The van der Waals surface area contributed by atoms with E-state index in [1.54, 1.807) is 24.7 Å². The number of imidazole rings is 1. The number of halogens is 3. The van der Waals surface area contributed by atoms with E-state index in [9.17, 15) is 13.2 Å². The van der Waals surface area contributed by atoms with E-state index < -0.39 is 11.7 Å². The molecule has 2 heterocycles. The molecule has 0 saturated carbocycles. The van der Waals surface area contributed by atoms with Crippen LogP contribution in [-0.4, -0.2) is 25.1 Å². The predicted molar refractivity (Wildman–Crippen MR) is 85.0 cm³/mol. The van der Waals surface area contributed by atoms with Crippen molar-refractivity contribution in [3.8, 4) is 0 Å². The van der Waals surface area contributed by atoms with Crippen LogP contribution in [0.1, 0.15) is 11.1 Å². The lowest BCUT2D eigenvalue weighted by molar-refractivity contribution is -0.137. The minimum atomic E-state index is -4.27. The van der Waals surface area contributed by atoms with Crippen LogP contribution in [0.3, 0.4) is 0 Å². The number of nitrogens with zero attached hydrogens (tertiary/aromatic N) is 2. The van der Waals surface area contributed by atoms with Gasteiger partial charge >= 0.3 is 6.18 Å². The van der Waals surface area contributed by atoms with Crippen LogP contribution < -0.4 is 0 Å². The Morgan fingerprint density at radius 3 is 2.36 bits per heavy atom. The van der Waals surface area contributed by atoms with E-state index in [-0.39, 0.29) is 4.08 Å². The van der Waals surface area contributed by atoms with E-state index in [2.05, 4.69) is 4.98 Å². The molecule has 1 aromatic heterocycles. The number of alkyl halides is 3. The summed E-state index contributed by atoms with van der Waals surface area (Å²) in [6.45, 7) is 0.809. The fourth-order valence-electron chi connectivity index (χ4n) is 2.53. The quantitative estimate of drug-likeness (QED) is 0.823. The Balaban J connectivity index is 1.76. The van der Waals surface area contributed by atoms with Crippen LogP contribution >= 0.6 is 23.5 Å². The fourth-order valence-corrected chi connectivity index (χ4v) is 5.79. The Bertz CT molecular complexity index is 603. The van der Waals surface area contributed by atoms with Gasteiger partial charge < -0.3 is 4.57 Å². The minimum absolute atomic E-state index is 0.0273. The summed E-state index contributed by atoms with van der Waals surface area (Å²) in [5, 5.41) is 0. The summed E-state index contributed by atoms with van der Waals surface area (Å²) in [6, 6.07) is 5.53. The molecule has 1 saturated heterocycles. The highest BCUT2D eigenvalue weighted by Gasteiger charge is 2.36. The summed E-state index contributed by atoms with van der Waals surface area (Å²) in [4.78, 5) is 4.06. The molecule has 118 valence electrons. The van der Waals surface area contributed by atoms with Gasteiger partial charge in [0.25, 0.3) is 0 Å². The van der Waals surface area contributed by atoms with Crippen molar-refractivity contribution in [3.63, 3.8) is 0 Å². The van der Waals surface area contributed by atoms with Crippen molar-refractivity contribution in [1.29, 1.82) is 0 Å². The first kappa shape index (κ1) is 15.8. The van der Waals surface area contributed by atoms with Crippen LogP contribution in [0.25, 0.3) is 0 Å². The second-order valence-corrected chi connectivity index (χ2v) is 8.43. The topological polar surface area (TPSA) is 17.8 Å². The van der Waals surface area contributed by atoms with E-state index in [1.165, 1.54) is 12.1 Å². The third kappa shape index (κ3) is 3.63. The van der Waals surface area contributed by atoms with Gasteiger partial charge in [-0.15, -0.1) is 23.5 Å². The Kier molecular flexibility index (Phi) is 4.45. The smallest absolute Gasteiger partial charge is 0.335 e. The van der Waals surface area contributed by atoms with Gasteiger partial charge in [0.1, 0.15) is 0 Å². The minimum Gasteiger partial charge on any atom is -0.335 e. The fraction of sp³-hybridized carbons (Fsp3) is 0.400. The lowest BCUT2D eigenvalue weighted by Gasteiger charge is -2.28.